The Morgan fingerprint density at radius 1 is 1.22 bits per heavy atom. The number of amides is 2. The van der Waals surface area contributed by atoms with Crippen LogP contribution < -0.4 is 0 Å². The molecule has 0 N–H and O–H groups in total. The fraction of sp³-hybridized carbons (Fsp3) is 0.450. The number of carbonyl (C=O) groups is 2. The third-order valence-electron chi connectivity index (χ3n) is 5.75. The second-order valence-corrected chi connectivity index (χ2v) is 7.37. The van der Waals surface area contributed by atoms with E-state index in [1.807, 2.05) is 4.90 Å². The molecule has 3 heterocycles. The van der Waals surface area contributed by atoms with Crippen molar-refractivity contribution >= 4 is 11.8 Å². The van der Waals surface area contributed by atoms with Crippen LogP contribution in [-0.2, 0) is 11.3 Å². The fourth-order valence-corrected chi connectivity index (χ4v) is 4.17. The summed E-state index contributed by atoms with van der Waals surface area (Å²) in [4.78, 5) is 32.9. The molecule has 0 bridgehead atoms. The van der Waals surface area contributed by atoms with Crippen LogP contribution in [-0.4, -0.2) is 45.2 Å². The monoisotopic (exact) mass is 371 g/mol. The maximum atomic E-state index is 13.2. The Hall–Kier alpha value is -2.70. The van der Waals surface area contributed by atoms with Crippen molar-refractivity contribution < 1.29 is 18.4 Å². The predicted molar refractivity (Wildman–Crippen MR) is 95.3 cm³/mol. The Balaban J connectivity index is 1.46. The van der Waals surface area contributed by atoms with Crippen LogP contribution in [0.15, 0.2) is 34.9 Å². The quantitative estimate of drug-likeness (QED) is 0.832. The van der Waals surface area contributed by atoms with Crippen LogP contribution in [0.5, 0.6) is 0 Å². The van der Waals surface area contributed by atoms with Crippen LogP contribution in [0.3, 0.4) is 0 Å². The number of benzene rings is 1. The highest BCUT2D eigenvalue weighted by atomic mass is 19.1. The molecule has 0 saturated carbocycles. The molecule has 2 amide bonds. The number of piperidine rings is 1. The van der Waals surface area contributed by atoms with E-state index in [-0.39, 0.29) is 23.2 Å². The molecule has 6 nitrogen and oxygen atoms in total. The number of hydrogen-bond donors (Lipinski definition) is 0. The summed E-state index contributed by atoms with van der Waals surface area (Å²) in [5.74, 6) is 0.192. The van der Waals surface area contributed by atoms with Gasteiger partial charge in [0, 0.05) is 38.5 Å². The van der Waals surface area contributed by atoms with E-state index in [1.54, 1.807) is 24.0 Å². The molecule has 2 aliphatic heterocycles. The van der Waals surface area contributed by atoms with Gasteiger partial charge in [0.1, 0.15) is 12.1 Å². The van der Waals surface area contributed by atoms with Crippen molar-refractivity contribution in [3.63, 3.8) is 0 Å². The SMILES string of the molecule is Cc1nc(C(=O)N2CCC3(CCC(=O)N3Cc3ccc(F)cc3)CC2)co1. The topological polar surface area (TPSA) is 66.7 Å². The Bertz CT molecular complexity index is 854. The first-order valence-corrected chi connectivity index (χ1v) is 9.23. The van der Waals surface area contributed by atoms with Crippen LogP contribution in [0.4, 0.5) is 4.39 Å². The number of carbonyl (C=O) groups excluding carboxylic acids is 2. The van der Waals surface area contributed by atoms with Gasteiger partial charge in [0.05, 0.1) is 0 Å². The molecule has 0 aliphatic carbocycles. The van der Waals surface area contributed by atoms with E-state index in [0.29, 0.717) is 37.6 Å². The van der Waals surface area contributed by atoms with Crippen molar-refractivity contribution in [1.29, 1.82) is 0 Å². The Labute approximate surface area is 157 Å². The Morgan fingerprint density at radius 2 is 1.93 bits per heavy atom. The maximum absolute atomic E-state index is 13.2. The molecule has 1 aromatic heterocycles. The zero-order valence-corrected chi connectivity index (χ0v) is 15.3. The number of aromatic nitrogens is 1. The normalized spacial score (nSPS) is 19.1. The zero-order chi connectivity index (χ0) is 19.0. The van der Waals surface area contributed by atoms with E-state index in [9.17, 15) is 14.0 Å². The van der Waals surface area contributed by atoms with Crippen LogP contribution in [0.25, 0.3) is 0 Å². The third kappa shape index (κ3) is 3.34. The Kier molecular flexibility index (Phi) is 4.45. The lowest BCUT2D eigenvalue weighted by Crippen LogP contribution is -2.53. The number of aryl methyl sites for hydroxylation is 1. The average molecular weight is 371 g/mol. The molecule has 2 fully saturated rings. The summed E-state index contributed by atoms with van der Waals surface area (Å²) in [6.07, 6.45) is 4.20. The van der Waals surface area contributed by atoms with Crippen LogP contribution in [0, 0.1) is 12.7 Å². The molecule has 0 atom stereocenters. The maximum Gasteiger partial charge on any atom is 0.275 e. The highest BCUT2D eigenvalue weighted by Crippen LogP contribution is 2.40. The van der Waals surface area contributed by atoms with Gasteiger partial charge >= 0.3 is 0 Å². The van der Waals surface area contributed by atoms with Crippen molar-refractivity contribution in [2.75, 3.05) is 13.1 Å². The molecule has 27 heavy (non-hydrogen) atoms. The number of hydrogen-bond acceptors (Lipinski definition) is 4. The van der Waals surface area contributed by atoms with Crippen molar-refractivity contribution in [2.45, 2.75) is 44.7 Å². The van der Waals surface area contributed by atoms with E-state index < -0.39 is 0 Å². The van der Waals surface area contributed by atoms with Gasteiger partial charge in [0.2, 0.25) is 5.91 Å². The van der Waals surface area contributed by atoms with Gasteiger partial charge in [-0.2, -0.15) is 0 Å². The lowest BCUT2D eigenvalue weighted by atomic mass is 9.84. The second kappa shape index (κ2) is 6.79. The molecular formula is C20H22FN3O3. The molecule has 4 rings (SSSR count). The molecule has 2 aliphatic rings. The number of oxazole rings is 1. The standard InChI is InChI=1S/C20H22FN3O3/c1-14-22-17(13-27-14)19(26)23-10-8-20(9-11-23)7-6-18(25)24(20)12-15-2-4-16(21)5-3-15/h2-5,13H,6-12H2,1H3. The predicted octanol–water partition coefficient (Wildman–Crippen LogP) is 2.92. The van der Waals surface area contributed by atoms with Crippen molar-refractivity contribution in [3.05, 3.63) is 53.5 Å². The largest absolute Gasteiger partial charge is 0.448 e. The Morgan fingerprint density at radius 3 is 2.56 bits per heavy atom. The lowest BCUT2D eigenvalue weighted by molar-refractivity contribution is -0.133. The van der Waals surface area contributed by atoms with Gasteiger partial charge in [0.25, 0.3) is 5.91 Å². The minimum Gasteiger partial charge on any atom is -0.448 e. The van der Waals surface area contributed by atoms with E-state index in [1.165, 1.54) is 18.4 Å². The van der Waals surface area contributed by atoms with Gasteiger partial charge < -0.3 is 14.2 Å². The number of rotatable bonds is 3. The zero-order valence-electron chi connectivity index (χ0n) is 15.3. The molecule has 0 unspecified atom stereocenters. The third-order valence-corrected chi connectivity index (χ3v) is 5.75. The smallest absolute Gasteiger partial charge is 0.275 e. The summed E-state index contributed by atoms with van der Waals surface area (Å²) in [5, 5.41) is 0. The minimum atomic E-state index is -0.281. The molecule has 1 aromatic carbocycles. The first-order valence-electron chi connectivity index (χ1n) is 9.23. The molecule has 1 spiro atoms. The summed E-state index contributed by atoms with van der Waals surface area (Å²) in [5.41, 5.74) is 1.03. The highest BCUT2D eigenvalue weighted by Gasteiger charge is 2.47. The molecular weight excluding hydrogens is 349 g/mol. The van der Waals surface area contributed by atoms with Crippen LogP contribution in [0.2, 0.25) is 0 Å². The van der Waals surface area contributed by atoms with E-state index in [0.717, 1.165) is 24.8 Å². The van der Waals surface area contributed by atoms with Gasteiger partial charge in [-0.3, -0.25) is 9.59 Å². The van der Waals surface area contributed by atoms with Crippen LogP contribution >= 0.6 is 0 Å². The van der Waals surface area contributed by atoms with E-state index in [4.69, 9.17) is 4.42 Å². The van der Waals surface area contributed by atoms with Crippen molar-refractivity contribution in [3.8, 4) is 0 Å². The summed E-state index contributed by atoms with van der Waals surface area (Å²) in [7, 11) is 0. The average Bonchev–Trinajstić information content (AvgIpc) is 3.23. The molecule has 142 valence electrons. The number of halogens is 1. The van der Waals surface area contributed by atoms with E-state index >= 15 is 0 Å². The second-order valence-electron chi connectivity index (χ2n) is 7.37. The molecule has 2 saturated heterocycles. The summed E-state index contributed by atoms with van der Waals surface area (Å²) in [6.45, 7) is 3.35. The van der Waals surface area contributed by atoms with Crippen molar-refractivity contribution in [2.24, 2.45) is 0 Å². The summed E-state index contributed by atoms with van der Waals surface area (Å²) in [6, 6.07) is 6.29. The van der Waals surface area contributed by atoms with Gasteiger partial charge in [-0.15, -0.1) is 0 Å². The van der Waals surface area contributed by atoms with Gasteiger partial charge in [-0.05, 0) is 37.0 Å². The van der Waals surface area contributed by atoms with Gasteiger partial charge in [0.15, 0.2) is 11.6 Å². The highest BCUT2D eigenvalue weighted by molar-refractivity contribution is 5.92. The lowest BCUT2D eigenvalue weighted by Gasteiger charge is -2.45. The first kappa shape index (κ1) is 17.7. The summed E-state index contributed by atoms with van der Waals surface area (Å²) < 4.78 is 18.3. The van der Waals surface area contributed by atoms with Crippen molar-refractivity contribution in [1.82, 2.24) is 14.8 Å². The minimum absolute atomic E-state index is 0.129. The van der Waals surface area contributed by atoms with Gasteiger partial charge in [-0.1, -0.05) is 12.1 Å². The number of nitrogens with zero attached hydrogens (tertiary/aromatic N) is 3. The molecule has 0 radical (unpaired) electrons. The van der Waals surface area contributed by atoms with E-state index in [2.05, 4.69) is 4.98 Å². The fourth-order valence-electron chi connectivity index (χ4n) is 4.17. The molecule has 7 heteroatoms. The van der Waals surface area contributed by atoms with Crippen LogP contribution in [0.1, 0.15) is 47.6 Å². The molecule has 2 aromatic rings. The first-order chi connectivity index (χ1) is 13.0. The number of likely N-dealkylation sites (tertiary alicyclic amines) is 2. The van der Waals surface area contributed by atoms with Gasteiger partial charge in [-0.25, -0.2) is 9.37 Å². The summed E-state index contributed by atoms with van der Waals surface area (Å²) >= 11 is 0.